The Morgan fingerprint density at radius 2 is 1.96 bits per heavy atom. The predicted octanol–water partition coefficient (Wildman–Crippen LogP) is 3.10. The maximum Gasteiger partial charge on any atom is 0.241 e. The first-order valence-electron chi connectivity index (χ1n) is 8.58. The van der Waals surface area contributed by atoms with Gasteiger partial charge in [-0.3, -0.25) is 4.79 Å². The first-order valence-corrected chi connectivity index (χ1v) is 8.58. The SMILES string of the molecule is COc1ccc(COCc2cccc(NC(=O)[C@H]3CCCN3)c2)cc1. The molecule has 25 heavy (non-hydrogen) atoms. The number of carbonyl (C=O) groups is 1. The maximum absolute atomic E-state index is 12.2. The third kappa shape index (κ3) is 5.05. The Morgan fingerprint density at radius 3 is 2.68 bits per heavy atom. The van der Waals surface area contributed by atoms with Crippen LogP contribution in [-0.4, -0.2) is 25.6 Å². The number of carbonyl (C=O) groups excluding carboxylic acids is 1. The molecule has 3 rings (SSSR count). The van der Waals surface area contributed by atoms with Crippen LogP contribution in [0.3, 0.4) is 0 Å². The van der Waals surface area contributed by atoms with Crippen molar-refractivity contribution in [1.29, 1.82) is 0 Å². The summed E-state index contributed by atoms with van der Waals surface area (Å²) in [6.07, 6.45) is 1.95. The molecule has 5 heteroatoms. The fourth-order valence-corrected chi connectivity index (χ4v) is 2.89. The van der Waals surface area contributed by atoms with Gasteiger partial charge >= 0.3 is 0 Å². The van der Waals surface area contributed by atoms with Crippen LogP contribution in [0.4, 0.5) is 5.69 Å². The molecule has 0 aliphatic carbocycles. The summed E-state index contributed by atoms with van der Waals surface area (Å²) in [6, 6.07) is 15.5. The molecule has 2 N–H and O–H groups in total. The second-order valence-electron chi connectivity index (χ2n) is 6.18. The number of methoxy groups -OCH3 is 1. The summed E-state index contributed by atoms with van der Waals surface area (Å²) in [4.78, 5) is 12.2. The molecule has 5 nitrogen and oxygen atoms in total. The average molecular weight is 340 g/mol. The van der Waals surface area contributed by atoms with Crippen molar-refractivity contribution in [3.05, 3.63) is 59.7 Å². The monoisotopic (exact) mass is 340 g/mol. The van der Waals surface area contributed by atoms with Gasteiger partial charge in [0.15, 0.2) is 0 Å². The quantitative estimate of drug-likeness (QED) is 0.813. The molecule has 0 unspecified atom stereocenters. The Hall–Kier alpha value is -2.37. The number of anilines is 1. The average Bonchev–Trinajstić information content (AvgIpc) is 3.17. The van der Waals surface area contributed by atoms with Gasteiger partial charge in [0.1, 0.15) is 5.75 Å². The fourth-order valence-electron chi connectivity index (χ4n) is 2.89. The predicted molar refractivity (Wildman–Crippen MR) is 97.6 cm³/mol. The van der Waals surface area contributed by atoms with Gasteiger partial charge in [-0.25, -0.2) is 0 Å². The first kappa shape index (κ1) is 17.5. The molecule has 1 aliphatic heterocycles. The summed E-state index contributed by atoms with van der Waals surface area (Å²) in [6.45, 7) is 1.95. The number of ether oxygens (including phenoxy) is 2. The van der Waals surface area contributed by atoms with Crippen molar-refractivity contribution in [2.75, 3.05) is 19.0 Å². The minimum Gasteiger partial charge on any atom is -0.497 e. The molecule has 132 valence electrons. The molecule has 1 amide bonds. The molecule has 0 aromatic heterocycles. The van der Waals surface area contributed by atoms with E-state index in [4.69, 9.17) is 9.47 Å². The number of rotatable bonds is 7. The molecule has 0 radical (unpaired) electrons. The Kier molecular flexibility index (Phi) is 6.04. The molecule has 2 aromatic carbocycles. The van der Waals surface area contributed by atoms with Crippen LogP contribution in [-0.2, 0) is 22.7 Å². The van der Waals surface area contributed by atoms with Gasteiger partial charge in [-0.2, -0.15) is 0 Å². The molecule has 1 heterocycles. The Bertz CT molecular complexity index is 694. The highest BCUT2D eigenvalue weighted by Gasteiger charge is 2.21. The molecule has 0 spiro atoms. The minimum absolute atomic E-state index is 0.0359. The summed E-state index contributed by atoms with van der Waals surface area (Å²) < 4.78 is 10.9. The van der Waals surface area contributed by atoms with Crippen molar-refractivity contribution >= 4 is 11.6 Å². The number of amides is 1. The van der Waals surface area contributed by atoms with Crippen LogP contribution in [0.1, 0.15) is 24.0 Å². The third-order valence-electron chi connectivity index (χ3n) is 4.27. The van der Waals surface area contributed by atoms with Gasteiger partial charge in [0.05, 0.1) is 26.4 Å². The van der Waals surface area contributed by atoms with E-state index in [0.29, 0.717) is 13.2 Å². The van der Waals surface area contributed by atoms with E-state index in [1.165, 1.54) is 0 Å². The van der Waals surface area contributed by atoms with Crippen LogP contribution in [0, 0.1) is 0 Å². The maximum atomic E-state index is 12.2. The van der Waals surface area contributed by atoms with Gasteiger partial charge in [-0.05, 0) is 54.8 Å². The third-order valence-corrected chi connectivity index (χ3v) is 4.27. The van der Waals surface area contributed by atoms with E-state index in [0.717, 1.165) is 42.0 Å². The topological polar surface area (TPSA) is 59.6 Å². The van der Waals surface area contributed by atoms with E-state index in [9.17, 15) is 4.79 Å². The zero-order chi connectivity index (χ0) is 17.5. The van der Waals surface area contributed by atoms with Crippen LogP contribution >= 0.6 is 0 Å². The van der Waals surface area contributed by atoms with Gasteiger partial charge < -0.3 is 20.1 Å². The van der Waals surface area contributed by atoms with Crippen molar-refractivity contribution in [3.63, 3.8) is 0 Å². The van der Waals surface area contributed by atoms with Crippen LogP contribution in [0.25, 0.3) is 0 Å². The van der Waals surface area contributed by atoms with E-state index < -0.39 is 0 Å². The van der Waals surface area contributed by atoms with Crippen LogP contribution in [0.2, 0.25) is 0 Å². The lowest BCUT2D eigenvalue weighted by Crippen LogP contribution is -2.35. The van der Waals surface area contributed by atoms with Gasteiger partial charge in [0.25, 0.3) is 0 Å². The lowest BCUT2D eigenvalue weighted by Gasteiger charge is -2.12. The zero-order valence-electron chi connectivity index (χ0n) is 14.5. The van der Waals surface area contributed by atoms with Gasteiger partial charge in [-0.15, -0.1) is 0 Å². The van der Waals surface area contributed by atoms with Crippen LogP contribution in [0.15, 0.2) is 48.5 Å². The molecule has 0 bridgehead atoms. The van der Waals surface area contributed by atoms with Gasteiger partial charge in [0.2, 0.25) is 5.91 Å². The fraction of sp³-hybridized carbons (Fsp3) is 0.350. The number of nitrogens with one attached hydrogen (secondary N) is 2. The van der Waals surface area contributed by atoms with E-state index >= 15 is 0 Å². The van der Waals surface area contributed by atoms with Crippen LogP contribution in [0.5, 0.6) is 5.75 Å². The molecule has 1 atom stereocenters. The largest absolute Gasteiger partial charge is 0.497 e. The summed E-state index contributed by atoms with van der Waals surface area (Å²) in [5.74, 6) is 0.873. The highest BCUT2D eigenvalue weighted by Crippen LogP contribution is 2.16. The second kappa shape index (κ2) is 8.65. The van der Waals surface area contributed by atoms with E-state index in [1.807, 2.05) is 48.5 Å². The van der Waals surface area contributed by atoms with Crippen molar-refractivity contribution < 1.29 is 14.3 Å². The lowest BCUT2D eigenvalue weighted by atomic mass is 10.2. The lowest BCUT2D eigenvalue weighted by molar-refractivity contribution is -0.117. The van der Waals surface area contributed by atoms with Crippen LogP contribution < -0.4 is 15.4 Å². The number of benzene rings is 2. The summed E-state index contributed by atoms with van der Waals surface area (Å²) in [5, 5.41) is 6.18. The van der Waals surface area contributed by atoms with E-state index in [2.05, 4.69) is 10.6 Å². The van der Waals surface area contributed by atoms with Gasteiger partial charge in [-0.1, -0.05) is 24.3 Å². The second-order valence-corrected chi connectivity index (χ2v) is 6.18. The summed E-state index contributed by atoms with van der Waals surface area (Å²) in [7, 11) is 1.65. The Morgan fingerprint density at radius 1 is 1.16 bits per heavy atom. The molecule has 1 aliphatic rings. The Balaban J connectivity index is 1.49. The first-order chi connectivity index (χ1) is 12.2. The summed E-state index contributed by atoms with van der Waals surface area (Å²) >= 11 is 0. The van der Waals surface area contributed by atoms with E-state index in [1.54, 1.807) is 7.11 Å². The highest BCUT2D eigenvalue weighted by atomic mass is 16.5. The summed E-state index contributed by atoms with van der Waals surface area (Å²) in [5.41, 5.74) is 2.94. The van der Waals surface area contributed by atoms with E-state index in [-0.39, 0.29) is 11.9 Å². The van der Waals surface area contributed by atoms with Gasteiger partial charge in [0, 0.05) is 5.69 Å². The number of hydrogen-bond acceptors (Lipinski definition) is 4. The van der Waals surface area contributed by atoms with Crippen molar-refractivity contribution in [2.24, 2.45) is 0 Å². The molecule has 2 aromatic rings. The standard InChI is InChI=1S/C20H24N2O3/c1-24-18-9-7-15(8-10-18)13-25-14-16-4-2-5-17(12-16)22-20(23)19-6-3-11-21-19/h2,4-5,7-10,12,19,21H,3,6,11,13-14H2,1H3,(H,22,23)/t19-/m1/s1. The number of hydrogen-bond donors (Lipinski definition) is 2. The molecular weight excluding hydrogens is 316 g/mol. The normalized spacial score (nSPS) is 16.6. The van der Waals surface area contributed by atoms with Crippen molar-refractivity contribution in [3.8, 4) is 5.75 Å². The molecule has 1 fully saturated rings. The van der Waals surface area contributed by atoms with Crippen molar-refractivity contribution in [1.82, 2.24) is 5.32 Å². The minimum atomic E-state index is -0.0741. The van der Waals surface area contributed by atoms with Crippen molar-refractivity contribution in [2.45, 2.75) is 32.1 Å². The molecule has 1 saturated heterocycles. The highest BCUT2D eigenvalue weighted by molar-refractivity contribution is 5.95. The smallest absolute Gasteiger partial charge is 0.241 e. The molecular formula is C20H24N2O3. The Labute approximate surface area is 148 Å². The molecule has 0 saturated carbocycles. The zero-order valence-corrected chi connectivity index (χ0v) is 14.5.